The van der Waals surface area contributed by atoms with Crippen LogP contribution in [-0.2, 0) is 14.3 Å². The van der Waals surface area contributed by atoms with Crippen LogP contribution in [0, 0.1) is 11.8 Å². The van der Waals surface area contributed by atoms with E-state index in [1.54, 1.807) is 11.0 Å². The number of carboxylic acids is 1. The number of carboxylic acid groups (broad SMARTS) is 1. The summed E-state index contributed by atoms with van der Waals surface area (Å²) >= 11 is 0. The summed E-state index contributed by atoms with van der Waals surface area (Å²) in [7, 11) is 0. The first-order valence-corrected chi connectivity index (χ1v) is 6.57. The molecule has 3 heterocycles. The van der Waals surface area contributed by atoms with Crippen LogP contribution in [0.15, 0.2) is 42.5 Å². The Morgan fingerprint density at radius 3 is 2.80 bits per heavy atom. The SMILES string of the molecule is O=C([O-])[C@H]1[C@H]2C=C[C@]3(CN(c4ccccc4)C(=O)[C@@H]13)O2. The number of carbonyl (C=O) groups excluding carboxylic acids is 2. The zero-order valence-electron chi connectivity index (χ0n) is 10.6. The van der Waals surface area contributed by atoms with Crippen LogP contribution >= 0.6 is 0 Å². The molecule has 4 atom stereocenters. The van der Waals surface area contributed by atoms with Gasteiger partial charge in [0.15, 0.2) is 0 Å². The van der Waals surface area contributed by atoms with Gasteiger partial charge in [0.25, 0.3) is 0 Å². The van der Waals surface area contributed by atoms with E-state index in [1.165, 1.54) is 0 Å². The molecular weight excluding hydrogens is 258 g/mol. The normalized spacial score (nSPS) is 37.5. The fourth-order valence-electron chi connectivity index (χ4n) is 3.59. The number of anilines is 1. The van der Waals surface area contributed by atoms with Gasteiger partial charge in [-0.15, -0.1) is 0 Å². The second kappa shape index (κ2) is 3.70. The zero-order valence-corrected chi connectivity index (χ0v) is 10.6. The fourth-order valence-corrected chi connectivity index (χ4v) is 3.59. The second-order valence-corrected chi connectivity index (χ2v) is 5.48. The number of fused-ring (bicyclic) bond motifs is 1. The van der Waals surface area contributed by atoms with Crippen LogP contribution in [0.5, 0.6) is 0 Å². The van der Waals surface area contributed by atoms with Gasteiger partial charge in [0.1, 0.15) is 5.60 Å². The van der Waals surface area contributed by atoms with Crippen molar-refractivity contribution in [1.82, 2.24) is 0 Å². The van der Waals surface area contributed by atoms with Crippen molar-refractivity contribution in [3.05, 3.63) is 42.5 Å². The molecule has 4 rings (SSSR count). The maximum Gasteiger partial charge on any atom is 0.234 e. The summed E-state index contributed by atoms with van der Waals surface area (Å²) in [5.74, 6) is -2.98. The van der Waals surface area contributed by atoms with E-state index >= 15 is 0 Å². The Bertz CT molecular complexity index is 626. The van der Waals surface area contributed by atoms with Crippen LogP contribution in [0.1, 0.15) is 0 Å². The van der Waals surface area contributed by atoms with Crippen molar-refractivity contribution in [3.8, 4) is 0 Å². The molecule has 20 heavy (non-hydrogen) atoms. The summed E-state index contributed by atoms with van der Waals surface area (Å²) in [6.45, 7) is 0.358. The number of amides is 1. The Kier molecular flexibility index (Phi) is 2.16. The fraction of sp³-hybridized carbons (Fsp3) is 0.333. The van der Waals surface area contributed by atoms with E-state index < -0.39 is 29.5 Å². The van der Waals surface area contributed by atoms with Gasteiger partial charge in [-0.1, -0.05) is 30.4 Å². The quantitative estimate of drug-likeness (QED) is 0.693. The molecule has 5 nitrogen and oxygen atoms in total. The van der Waals surface area contributed by atoms with E-state index in [1.807, 2.05) is 36.4 Å². The molecule has 2 fully saturated rings. The van der Waals surface area contributed by atoms with Crippen molar-refractivity contribution in [3.63, 3.8) is 0 Å². The number of rotatable bonds is 2. The largest absolute Gasteiger partial charge is 0.550 e. The van der Waals surface area contributed by atoms with Gasteiger partial charge in [-0.25, -0.2) is 0 Å². The van der Waals surface area contributed by atoms with E-state index in [2.05, 4.69) is 0 Å². The molecule has 3 aliphatic rings. The zero-order chi connectivity index (χ0) is 13.9. The van der Waals surface area contributed by atoms with E-state index in [4.69, 9.17) is 4.74 Å². The number of para-hydroxylation sites is 1. The number of aliphatic carboxylic acids is 1. The van der Waals surface area contributed by atoms with E-state index in [9.17, 15) is 14.7 Å². The predicted molar refractivity (Wildman–Crippen MR) is 67.5 cm³/mol. The molecule has 1 aromatic rings. The molecule has 0 aromatic heterocycles. The van der Waals surface area contributed by atoms with Gasteiger partial charge in [0.2, 0.25) is 5.91 Å². The highest BCUT2D eigenvalue weighted by Crippen LogP contribution is 2.52. The molecule has 2 bridgehead atoms. The van der Waals surface area contributed by atoms with Crippen LogP contribution < -0.4 is 10.0 Å². The third-order valence-electron chi connectivity index (χ3n) is 4.44. The third-order valence-corrected chi connectivity index (χ3v) is 4.44. The maximum absolute atomic E-state index is 12.6. The van der Waals surface area contributed by atoms with Gasteiger partial charge < -0.3 is 19.5 Å². The highest BCUT2D eigenvalue weighted by atomic mass is 16.5. The Morgan fingerprint density at radius 2 is 2.10 bits per heavy atom. The molecule has 1 aromatic carbocycles. The topological polar surface area (TPSA) is 69.7 Å². The standard InChI is InChI=1S/C15H13NO4/c17-13-12-11(14(18)19)10-6-7-15(12,20-10)8-16(13)9-4-2-1-3-5-9/h1-7,10-12H,8H2,(H,18,19)/p-1/t10-,11+,12-,15-/m1/s1. The molecule has 5 heteroatoms. The summed E-state index contributed by atoms with van der Waals surface area (Å²) < 4.78 is 5.79. The van der Waals surface area contributed by atoms with Gasteiger partial charge >= 0.3 is 0 Å². The van der Waals surface area contributed by atoms with Crippen molar-refractivity contribution in [2.75, 3.05) is 11.4 Å². The Hall–Kier alpha value is -2.14. The third kappa shape index (κ3) is 1.30. The highest BCUT2D eigenvalue weighted by Gasteiger charge is 2.65. The van der Waals surface area contributed by atoms with Gasteiger partial charge in [-0.3, -0.25) is 4.79 Å². The minimum absolute atomic E-state index is 0.197. The number of hydrogen-bond acceptors (Lipinski definition) is 4. The number of nitrogens with zero attached hydrogens (tertiary/aromatic N) is 1. The summed E-state index contributed by atoms with van der Waals surface area (Å²) in [6.07, 6.45) is 3.04. The molecule has 0 N–H and O–H groups in total. The predicted octanol–water partition coefficient (Wildman–Crippen LogP) is -0.277. The van der Waals surface area contributed by atoms with Crippen LogP contribution in [0.25, 0.3) is 0 Å². The van der Waals surface area contributed by atoms with Crippen LogP contribution in [0.4, 0.5) is 5.69 Å². The number of carbonyl (C=O) groups is 2. The molecule has 1 amide bonds. The maximum atomic E-state index is 12.6. The number of ether oxygens (including phenoxy) is 1. The molecule has 0 radical (unpaired) electrons. The molecule has 0 aliphatic carbocycles. The summed E-state index contributed by atoms with van der Waals surface area (Å²) in [5.41, 5.74) is -0.0404. The summed E-state index contributed by atoms with van der Waals surface area (Å²) in [5, 5.41) is 11.3. The van der Waals surface area contributed by atoms with Gasteiger partial charge in [0.05, 0.1) is 18.6 Å². The first-order chi connectivity index (χ1) is 9.62. The molecule has 0 saturated carbocycles. The monoisotopic (exact) mass is 270 g/mol. The van der Waals surface area contributed by atoms with E-state index in [0.717, 1.165) is 5.69 Å². The second-order valence-electron chi connectivity index (χ2n) is 5.48. The Balaban J connectivity index is 1.76. The lowest BCUT2D eigenvalue weighted by Crippen LogP contribution is -2.45. The number of benzene rings is 1. The highest BCUT2D eigenvalue weighted by molar-refractivity contribution is 6.02. The van der Waals surface area contributed by atoms with Gasteiger partial charge in [-0.2, -0.15) is 0 Å². The van der Waals surface area contributed by atoms with Crippen molar-refractivity contribution in [2.45, 2.75) is 11.7 Å². The minimum Gasteiger partial charge on any atom is -0.550 e. The first-order valence-electron chi connectivity index (χ1n) is 6.57. The first kappa shape index (κ1) is 11.7. The number of hydrogen-bond donors (Lipinski definition) is 0. The lowest BCUT2D eigenvalue weighted by atomic mass is 9.77. The van der Waals surface area contributed by atoms with E-state index in [0.29, 0.717) is 6.54 Å². The Morgan fingerprint density at radius 1 is 1.35 bits per heavy atom. The average molecular weight is 270 g/mol. The lowest BCUT2D eigenvalue weighted by molar-refractivity contribution is -0.313. The van der Waals surface area contributed by atoms with Crippen molar-refractivity contribution in [1.29, 1.82) is 0 Å². The summed E-state index contributed by atoms with van der Waals surface area (Å²) in [4.78, 5) is 25.5. The Labute approximate surface area is 115 Å². The van der Waals surface area contributed by atoms with Crippen LogP contribution in [0.3, 0.4) is 0 Å². The lowest BCUT2D eigenvalue weighted by Gasteiger charge is -2.24. The molecule has 3 aliphatic heterocycles. The average Bonchev–Trinajstić information content (AvgIpc) is 3.08. The molecular formula is C15H12NO4-. The van der Waals surface area contributed by atoms with Crippen LogP contribution in [-0.4, -0.2) is 30.1 Å². The van der Waals surface area contributed by atoms with Gasteiger partial charge in [-0.05, 0) is 12.1 Å². The van der Waals surface area contributed by atoms with Crippen molar-refractivity contribution >= 4 is 17.6 Å². The minimum atomic E-state index is -1.21. The van der Waals surface area contributed by atoms with Crippen LogP contribution in [0.2, 0.25) is 0 Å². The van der Waals surface area contributed by atoms with Gasteiger partial charge in [0, 0.05) is 17.6 Å². The molecule has 1 spiro atoms. The molecule has 0 unspecified atom stereocenters. The van der Waals surface area contributed by atoms with E-state index in [-0.39, 0.29) is 5.91 Å². The molecule has 102 valence electrons. The van der Waals surface area contributed by atoms with Crippen molar-refractivity contribution in [2.24, 2.45) is 11.8 Å². The smallest absolute Gasteiger partial charge is 0.234 e. The molecule has 2 saturated heterocycles. The van der Waals surface area contributed by atoms with Crippen molar-refractivity contribution < 1.29 is 19.4 Å². The summed E-state index contributed by atoms with van der Waals surface area (Å²) in [6, 6.07) is 9.23.